The van der Waals surface area contributed by atoms with Crippen molar-refractivity contribution in [2.75, 3.05) is 46.8 Å². The van der Waals surface area contributed by atoms with Crippen molar-refractivity contribution in [1.29, 1.82) is 0 Å². The molecule has 0 aliphatic carbocycles. The van der Waals surface area contributed by atoms with Gasteiger partial charge in [-0.3, -0.25) is 0 Å². The number of urea groups is 1. The SMILES string of the molecule is CC(CN(C)C)NCCN1CCNC1=O. The molecule has 2 amide bonds. The van der Waals surface area contributed by atoms with Crippen LogP contribution >= 0.6 is 0 Å². The minimum atomic E-state index is 0.0667. The van der Waals surface area contributed by atoms with Crippen LogP contribution < -0.4 is 10.6 Å². The van der Waals surface area contributed by atoms with Gasteiger partial charge in [0.25, 0.3) is 0 Å². The minimum absolute atomic E-state index is 0.0667. The van der Waals surface area contributed by atoms with Gasteiger partial charge >= 0.3 is 6.03 Å². The molecule has 1 atom stereocenters. The van der Waals surface area contributed by atoms with E-state index in [1.807, 2.05) is 4.90 Å². The summed E-state index contributed by atoms with van der Waals surface area (Å²) in [5.41, 5.74) is 0. The van der Waals surface area contributed by atoms with Crippen molar-refractivity contribution in [3.05, 3.63) is 0 Å². The fourth-order valence-electron chi connectivity index (χ4n) is 1.78. The van der Waals surface area contributed by atoms with Gasteiger partial charge in [0.05, 0.1) is 0 Å². The number of carbonyl (C=O) groups is 1. The Bertz CT molecular complexity index is 208. The van der Waals surface area contributed by atoms with Gasteiger partial charge in [0, 0.05) is 38.8 Å². The predicted molar refractivity (Wildman–Crippen MR) is 61.0 cm³/mol. The molecule has 1 fully saturated rings. The van der Waals surface area contributed by atoms with Gasteiger partial charge in [0.2, 0.25) is 0 Å². The fourth-order valence-corrected chi connectivity index (χ4v) is 1.78. The normalized spacial score (nSPS) is 18.4. The second kappa shape index (κ2) is 5.92. The summed E-state index contributed by atoms with van der Waals surface area (Å²) in [4.78, 5) is 15.2. The first-order chi connectivity index (χ1) is 7.09. The van der Waals surface area contributed by atoms with Gasteiger partial charge in [0.1, 0.15) is 0 Å². The summed E-state index contributed by atoms with van der Waals surface area (Å²) in [5, 5.41) is 6.19. The van der Waals surface area contributed by atoms with Crippen LogP contribution in [0.25, 0.3) is 0 Å². The van der Waals surface area contributed by atoms with E-state index in [0.29, 0.717) is 6.04 Å². The number of hydrogen-bond acceptors (Lipinski definition) is 3. The number of carbonyl (C=O) groups excluding carboxylic acids is 1. The van der Waals surface area contributed by atoms with Gasteiger partial charge < -0.3 is 20.4 Å². The van der Waals surface area contributed by atoms with E-state index in [0.717, 1.165) is 32.7 Å². The average Bonchev–Trinajstić information content (AvgIpc) is 2.50. The summed E-state index contributed by atoms with van der Waals surface area (Å²) < 4.78 is 0. The lowest BCUT2D eigenvalue weighted by Crippen LogP contribution is -2.41. The third-order valence-electron chi connectivity index (χ3n) is 2.46. The Hall–Kier alpha value is -0.810. The summed E-state index contributed by atoms with van der Waals surface area (Å²) >= 11 is 0. The monoisotopic (exact) mass is 214 g/mol. The molecule has 0 aromatic heterocycles. The van der Waals surface area contributed by atoms with Crippen molar-refractivity contribution >= 4 is 6.03 Å². The Labute approximate surface area is 91.8 Å². The van der Waals surface area contributed by atoms with E-state index < -0.39 is 0 Å². The molecular weight excluding hydrogens is 192 g/mol. The molecular formula is C10H22N4O. The maximum Gasteiger partial charge on any atom is 0.317 e. The lowest BCUT2D eigenvalue weighted by molar-refractivity contribution is 0.216. The van der Waals surface area contributed by atoms with Crippen molar-refractivity contribution in [3.8, 4) is 0 Å². The highest BCUT2D eigenvalue weighted by Gasteiger charge is 2.18. The zero-order valence-corrected chi connectivity index (χ0v) is 9.92. The number of rotatable bonds is 6. The second-order valence-electron chi connectivity index (χ2n) is 4.34. The van der Waals surface area contributed by atoms with E-state index >= 15 is 0 Å². The number of likely N-dealkylation sites (N-methyl/N-ethyl adjacent to an activating group) is 1. The maximum absolute atomic E-state index is 11.2. The van der Waals surface area contributed by atoms with Crippen molar-refractivity contribution in [2.45, 2.75) is 13.0 Å². The molecule has 1 unspecified atom stereocenters. The number of nitrogens with zero attached hydrogens (tertiary/aromatic N) is 2. The topological polar surface area (TPSA) is 47.6 Å². The van der Waals surface area contributed by atoms with Crippen LogP contribution in [0, 0.1) is 0 Å². The Morgan fingerprint density at radius 2 is 2.33 bits per heavy atom. The summed E-state index contributed by atoms with van der Waals surface area (Å²) in [6.07, 6.45) is 0. The first-order valence-electron chi connectivity index (χ1n) is 5.50. The van der Waals surface area contributed by atoms with E-state index in [1.54, 1.807) is 0 Å². The molecule has 5 nitrogen and oxygen atoms in total. The summed E-state index contributed by atoms with van der Waals surface area (Å²) in [5.74, 6) is 0. The molecule has 1 aliphatic heterocycles. The molecule has 0 aromatic carbocycles. The minimum Gasteiger partial charge on any atom is -0.336 e. The zero-order chi connectivity index (χ0) is 11.3. The molecule has 0 spiro atoms. The standard InChI is InChI=1S/C10H22N4O/c1-9(8-13(2)3)11-4-6-14-7-5-12-10(14)15/h9,11H,4-8H2,1-3H3,(H,12,15). The molecule has 1 saturated heterocycles. The van der Waals surface area contributed by atoms with Crippen LogP contribution in [0.5, 0.6) is 0 Å². The fraction of sp³-hybridized carbons (Fsp3) is 0.900. The highest BCUT2D eigenvalue weighted by atomic mass is 16.2. The Kier molecular flexibility index (Phi) is 4.84. The summed E-state index contributed by atoms with van der Waals surface area (Å²) in [7, 11) is 4.12. The smallest absolute Gasteiger partial charge is 0.317 e. The van der Waals surface area contributed by atoms with Gasteiger partial charge in [-0.2, -0.15) is 0 Å². The highest BCUT2D eigenvalue weighted by molar-refractivity contribution is 5.76. The molecule has 0 bridgehead atoms. The average molecular weight is 214 g/mol. The molecule has 0 radical (unpaired) electrons. The number of nitrogens with one attached hydrogen (secondary N) is 2. The highest BCUT2D eigenvalue weighted by Crippen LogP contribution is 1.94. The van der Waals surface area contributed by atoms with Gasteiger partial charge in [-0.15, -0.1) is 0 Å². The van der Waals surface area contributed by atoms with Crippen molar-refractivity contribution in [3.63, 3.8) is 0 Å². The lowest BCUT2D eigenvalue weighted by Gasteiger charge is -2.20. The molecule has 1 aliphatic rings. The Morgan fingerprint density at radius 3 is 2.87 bits per heavy atom. The van der Waals surface area contributed by atoms with Crippen LogP contribution in [0.15, 0.2) is 0 Å². The van der Waals surface area contributed by atoms with Gasteiger partial charge in [-0.25, -0.2) is 4.79 Å². The van der Waals surface area contributed by atoms with E-state index in [9.17, 15) is 4.79 Å². The lowest BCUT2D eigenvalue weighted by atomic mass is 10.3. The van der Waals surface area contributed by atoms with E-state index in [2.05, 4.69) is 36.6 Å². The summed E-state index contributed by atoms with van der Waals surface area (Å²) in [6.45, 7) is 6.46. The molecule has 1 rings (SSSR count). The van der Waals surface area contributed by atoms with Gasteiger partial charge in [-0.1, -0.05) is 0 Å². The van der Waals surface area contributed by atoms with Gasteiger partial charge in [0.15, 0.2) is 0 Å². The molecule has 88 valence electrons. The Morgan fingerprint density at radius 1 is 1.60 bits per heavy atom. The van der Waals surface area contributed by atoms with Crippen molar-refractivity contribution in [2.24, 2.45) is 0 Å². The van der Waals surface area contributed by atoms with Crippen LogP contribution in [0.1, 0.15) is 6.92 Å². The van der Waals surface area contributed by atoms with E-state index in [1.165, 1.54) is 0 Å². The van der Waals surface area contributed by atoms with Crippen LogP contribution in [0.2, 0.25) is 0 Å². The van der Waals surface area contributed by atoms with Crippen LogP contribution in [0.3, 0.4) is 0 Å². The van der Waals surface area contributed by atoms with E-state index in [4.69, 9.17) is 0 Å². The summed E-state index contributed by atoms with van der Waals surface area (Å²) in [6, 6.07) is 0.530. The first kappa shape index (κ1) is 12.3. The molecule has 0 saturated carbocycles. The predicted octanol–water partition coefficient (Wildman–Crippen LogP) is -0.449. The van der Waals surface area contributed by atoms with Gasteiger partial charge in [-0.05, 0) is 21.0 Å². The second-order valence-corrected chi connectivity index (χ2v) is 4.34. The van der Waals surface area contributed by atoms with Crippen LogP contribution in [-0.4, -0.2) is 68.7 Å². The maximum atomic E-state index is 11.2. The largest absolute Gasteiger partial charge is 0.336 e. The molecule has 5 heteroatoms. The third kappa shape index (κ3) is 4.48. The Balaban J connectivity index is 2.07. The van der Waals surface area contributed by atoms with Crippen molar-refractivity contribution in [1.82, 2.24) is 20.4 Å². The quantitative estimate of drug-likeness (QED) is 0.630. The molecule has 0 aromatic rings. The molecule has 2 N–H and O–H groups in total. The van der Waals surface area contributed by atoms with Crippen LogP contribution in [0.4, 0.5) is 4.79 Å². The zero-order valence-electron chi connectivity index (χ0n) is 9.92. The third-order valence-corrected chi connectivity index (χ3v) is 2.46. The van der Waals surface area contributed by atoms with Crippen molar-refractivity contribution < 1.29 is 4.79 Å². The van der Waals surface area contributed by atoms with Crippen LogP contribution in [-0.2, 0) is 0 Å². The molecule has 1 heterocycles. The molecule has 15 heavy (non-hydrogen) atoms. The van der Waals surface area contributed by atoms with E-state index in [-0.39, 0.29) is 6.03 Å². The number of amides is 2. The number of hydrogen-bond donors (Lipinski definition) is 2. The first-order valence-corrected chi connectivity index (χ1v) is 5.50.